The van der Waals surface area contributed by atoms with E-state index in [2.05, 4.69) is 62.5 Å². The highest BCUT2D eigenvalue weighted by Gasteiger charge is 2.30. The van der Waals surface area contributed by atoms with Crippen molar-refractivity contribution in [3.05, 3.63) is 48.6 Å². The molecule has 0 rings (SSSR count). The molecule has 0 aromatic rings. The van der Waals surface area contributed by atoms with Crippen molar-refractivity contribution in [2.45, 2.75) is 290 Å². The van der Waals surface area contributed by atoms with Crippen LogP contribution in [0.5, 0.6) is 0 Å². The molecule has 10 heteroatoms. The average molecular weight is 1020 g/mol. The van der Waals surface area contributed by atoms with Crippen LogP contribution in [0.25, 0.3) is 0 Å². The van der Waals surface area contributed by atoms with E-state index < -0.39 is 20.0 Å². The predicted octanol–water partition coefficient (Wildman–Crippen LogP) is 18.1. The summed E-state index contributed by atoms with van der Waals surface area (Å²) < 4.78 is 30.6. The van der Waals surface area contributed by atoms with Crippen LogP contribution >= 0.6 is 7.82 Å². The largest absolute Gasteiger partial charge is 0.472 e. The van der Waals surface area contributed by atoms with Crippen molar-refractivity contribution in [1.82, 2.24) is 5.32 Å². The molecule has 0 bridgehead atoms. The number of phosphoric acid groups is 1. The van der Waals surface area contributed by atoms with Gasteiger partial charge in [0.25, 0.3) is 0 Å². The molecule has 0 radical (unpaired) electrons. The highest BCUT2D eigenvalue weighted by atomic mass is 31.2. The number of carbonyl (C=O) groups excluding carboxylic acids is 2. The molecular weight excluding hydrogens is 904 g/mol. The maximum Gasteiger partial charge on any atom is 0.472 e. The molecule has 0 heterocycles. The summed E-state index contributed by atoms with van der Waals surface area (Å²) in [6.45, 7) is 6.99. The number of carbonyl (C=O) groups is 2. The Morgan fingerprint density at radius 2 is 0.859 bits per heavy atom. The quantitative estimate of drug-likeness (QED) is 0.0205. The maximum atomic E-state index is 13.5. The van der Waals surface area contributed by atoms with Gasteiger partial charge in [-0.1, -0.05) is 243 Å². The minimum absolute atomic E-state index is 0.0395. The monoisotopic (exact) mass is 1020 g/mol. The van der Waals surface area contributed by atoms with Crippen LogP contribution in [0.15, 0.2) is 48.6 Å². The summed E-state index contributed by atoms with van der Waals surface area (Å²) in [6.07, 6.45) is 62.4. The number of unbranched alkanes of at least 4 members (excludes halogenated alkanes) is 32. The highest BCUT2D eigenvalue weighted by molar-refractivity contribution is 7.47. The molecule has 3 unspecified atom stereocenters. The van der Waals surface area contributed by atoms with Crippen molar-refractivity contribution in [2.24, 2.45) is 0 Å². The molecule has 0 saturated heterocycles. The molecule has 0 aliphatic carbocycles. The second-order valence-corrected chi connectivity index (χ2v) is 23.0. The van der Waals surface area contributed by atoms with E-state index in [4.69, 9.17) is 13.8 Å². The number of amides is 1. The lowest BCUT2D eigenvalue weighted by atomic mass is 10.0. The standard InChI is InChI=1S/C61H115N2O7P/c1-7-10-13-16-19-22-25-27-28-29-30-31-32-33-34-36-39-41-44-47-50-53-60(64)62-58(57-69-71(66,67)68-56-55-63(4,5)6)59(52-49-46-43-40-38-35-26-23-20-17-14-11-8-2)70-61(65)54-51-48-45-42-37-24-21-18-15-12-9-3/h19,22,27-28,30-31,49,52,58-59H,7-18,20-21,23-26,29,32-48,50-51,53-57H2,1-6H3,(H-,62,64,66,67)/p+1/b22-19-,28-27-,31-30-,52-49+. The van der Waals surface area contributed by atoms with Crippen LogP contribution in [-0.4, -0.2) is 74.3 Å². The van der Waals surface area contributed by atoms with E-state index in [0.717, 1.165) is 83.5 Å². The van der Waals surface area contributed by atoms with Gasteiger partial charge in [0, 0.05) is 12.8 Å². The lowest BCUT2D eigenvalue weighted by Crippen LogP contribution is -2.47. The van der Waals surface area contributed by atoms with Crippen LogP contribution in [-0.2, 0) is 27.9 Å². The first-order valence-corrected chi connectivity index (χ1v) is 31.5. The van der Waals surface area contributed by atoms with Gasteiger partial charge in [-0.2, -0.15) is 0 Å². The van der Waals surface area contributed by atoms with E-state index in [9.17, 15) is 19.0 Å². The molecule has 416 valence electrons. The summed E-state index contributed by atoms with van der Waals surface area (Å²) >= 11 is 0. The second-order valence-electron chi connectivity index (χ2n) is 21.5. The molecule has 0 aromatic carbocycles. The average Bonchev–Trinajstić information content (AvgIpc) is 3.33. The molecule has 3 atom stereocenters. The first-order valence-electron chi connectivity index (χ1n) is 30.0. The number of phosphoric ester groups is 1. The molecule has 1 amide bonds. The lowest BCUT2D eigenvalue weighted by Gasteiger charge is -2.27. The smallest absolute Gasteiger partial charge is 0.456 e. The number of hydrogen-bond donors (Lipinski definition) is 2. The van der Waals surface area contributed by atoms with Gasteiger partial charge in [0.05, 0.1) is 33.8 Å². The van der Waals surface area contributed by atoms with Gasteiger partial charge in [-0.05, 0) is 70.3 Å². The molecule has 71 heavy (non-hydrogen) atoms. The summed E-state index contributed by atoms with van der Waals surface area (Å²) in [5, 5.41) is 3.05. The van der Waals surface area contributed by atoms with E-state index in [1.165, 1.54) is 161 Å². The van der Waals surface area contributed by atoms with Gasteiger partial charge in [-0.25, -0.2) is 4.57 Å². The summed E-state index contributed by atoms with van der Waals surface area (Å²) in [4.78, 5) is 37.6. The van der Waals surface area contributed by atoms with E-state index in [-0.39, 0.29) is 25.1 Å². The molecule has 0 aliphatic heterocycles. The fraction of sp³-hybridized carbons (Fsp3) is 0.836. The Hall–Kier alpha value is -2.03. The second kappa shape index (κ2) is 51.5. The lowest BCUT2D eigenvalue weighted by molar-refractivity contribution is -0.870. The number of esters is 1. The van der Waals surface area contributed by atoms with Gasteiger partial charge in [0.2, 0.25) is 5.91 Å². The summed E-state index contributed by atoms with van der Waals surface area (Å²) in [5.41, 5.74) is 0. The third-order valence-corrected chi connectivity index (χ3v) is 14.3. The van der Waals surface area contributed by atoms with Crippen molar-refractivity contribution in [3.8, 4) is 0 Å². The third-order valence-electron chi connectivity index (χ3n) is 13.3. The summed E-state index contributed by atoms with van der Waals surface area (Å²) in [6, 6.07) is -0.849. The number of likely N-dealkylation sites (N-methyl/N-ethyl adjacent to an activating group) is 1. The zero-order valence-corrected chi connectivity index (χ0v) is 48.4. The molecule has 9 nitrogen and oxygen atoms in total. The van der Waals surface area contributed by atoms with Crippen LogP contribution in [0.3, 0.4) is 0 Å². The minimum Gasteiger partial charge on any atom is -0.456 e. The maximum absolute atomic E-state index is 13.5. The normalized spacial score (nSPS) is 14.1. The van der Waals surface area contributed by atoms with Crippen LogP contribution in [0.1, 0.15) is 278 Å². The van der Waals surface area contributed by atoms with Crippen molar-refractivity contribution in [1.29, 1.82) is 0 Å². The minimum atomic E-state index is -4.44. The van der Waals surface area contributed by atoms with E-state index in [1.807, 2.05) is 33.3 Å². The molecule has 0 saturated carbocycles. The Kier molecular flexibility index (Phi) is 50.0. The van der Waals surface area contributed by atoms with Crippen LogP contribution in [0, 0.1) is 0 Å². The number of nitrogens with one attached hydrogen (secondary N) is 1. The van der Waals surface area contributed by atoms with Crippen molar-refractivity contribution < 1.29 is 37.3 Å². The first-order chi connectivity index (χ1) is 34.4. The van der Waals surface area contributed by atoms with Gasteiger partial charge in [-0.15, -0.1) is 0 Å². The van der Waals surface area contributed by atoms with Crippen LogP contribution in [0.4, 0.5) is 0 Å². The van der Waals surface area contributed by atoms with Crippen molar-refractivity contribution in [2.75, 3.05) is 40.9 Å². The molecule has 2 N–H and O–H groups in total. The van der Waals surface area contributed by atoms with Gasteiger partial charge >= 0.3 is 13.8 Å². The zero-order chi connectivity index (χ0) is 52.2. The van der Waals surface area contributed by atoms with Gasteiger partial charge in [-0.3, -0.25) is 18.6 Å². The summed E-state index contributed by atoms with van der Waals surface area (Å²) in [7, 11) is 1.50. The molecule has 0 aliphatic rings. The number of quaternary nitrogens is 1. The van der Waals surface area contributed by atoms with Gasteiger partial charge < -0.3 is 19.4 Å². The Bertz CT molecular complexity index is 1360. The Morgan fingerprint density at radius 3 is 1.31 bits per heavy atom. The van der Waals surface area contributed by atoms with Crippen molar-refractivity contribution >= 4 is 19.7 Å². The fourth-order valence-corrected chi connectivity index (χ4v) is 9.33. The topological polar surface area (TPSA) is 111 Å². The zero-order valence-electron chi connectivity index (χ0n) is 47.5. The number of hydrogen-bond acceptors (Lipinski definition) is 6. The Morgan fingerprint density at radius 1 is 0.493 bits per heavy atom. The Balaban J connectivity index is 5.25. The van der Waals surface area contributed by atoms with E-state index >= 15 is 0 Å². The Labute approximate surface area is 439 Å². The molecule has 0 spiro atoms. The SMILES string of the molecule is CCCCC/C=C\C/C=C\C/C=C\CCCCCCCCCCC(=O)NC(COP(=O)(O)OCC[N+](C)(C)C)C(/C=C/CCCCCCCCCCCCC)OC(=O)CCCCCCCCCCCCC. The number of nitrogens with zero attached hydrogens (tertiary/aromatic N) is 1. The first kappa shape index (κ1) is 69.0. The highest BCUT2D eigenvalue weighted by Crippen LogP contribution is 2.43. The number of allylic oxidation sites excluding steroid dienone is 7. The number of ether oxygens (including phenoxy) is 1. The van der Waals surface area contributed by atoms with Crippen molar-refractivity contribution in [3.63, 3.8) is 0 Å². The van der Waals surface area contributed by atoms with E-state index in [0.29, 0.717) is 23.9 Å². The molecule has 0 aromatic heterocycles. The fourth-order valence-electron chi connectivity index (χ4n) is 8.59. The predicted molar refractivity (Wildman–Crippen MR) is 305 cm³/mol. The third kappa shape index (κ3) is 52.6. The van der Waals surface area contributed by atoms with Gasteiger partial charge in [0.15, 0.2) is 0 Å². The molecule has 0 fully saturated rings. The number of rotatable bonds is 54. The van der Waals surface area contributed by atoms with Crippen LogP contribution in [0.2, 0.25) is 0 Å². The van der Waals surface area contributed by atoms with Crippen LogP contribution < -0.4 is 5.32 Å². The van der Waals surface area contributed by atoms with Gasteiger partial charge in [0.1, 0.15) is 19.3 Å². The molecular formula is C61H116N2O7P+. The van der Waals surface area contributed by atoms with E-state index in [1.54, 1.807) is 0 Å². The summed E-state index contributed by atoms with van der Waals surface area (Å²) in [5.74, 6) is -0.507.